The van der Waals surface area contributed by atoms with Crippen LogP contribution in [0.3, 0.4) is 0 Å². The highest BCUT2D eigenvalue weighted by Crippen LogP contribution is 1.99. The molecular formula is C8H21N3. The molecule has 0 aliphatic rings. The van der Waals surface area contributed by atoms with Crippen LogP contribution in [0.4, 0.5) is 0 Å². The van der Waals surface area contributed by atoms with Gasteiger partial charge >= 0.3 is 0 Å². The maximum absolute atomic E-state index is 5.72. The number of nitrogens with two attached hydrogens (primary N) is 2. The molecule has 0 amide bonds. The number of hydrogen-bond acceptors (Lipinski definition) is 3. The van der Waals surface area contributed by atoms with Crippen molar-refractivity contribution in [3.05, 3.63) is 0 Å². The second kappa shape index (κ2) is 6.58. The molecule has 2 unspecified atom stereocenters. The predicted octanol–water partition coefficient (Wildman–Crippen LogP) is 0.746. The maximum atomic E-state index is 5.72. The minimum absolute atomic E-state index is 0.00614. The van der Waals surface area contributed by atoms with E-state index in [4.69, 9.17) is 11.5 Å². The van der Waals surface area contributed by atoms with E-state index in [1.807, 2.05) is 6.92 Å². The van der Waals surface area contributed by atoms with Crippen LogP contribution in [0.25, 0.3) is 0 Å². The predicted molar refractivity (Wildman–Crippen MR) is 48.9 cm³/mol. The van der Waals surface area contributed by atoms with Gasteiger partial charge in [-0.15, -0.1) is 0 Å². The molecule has 0 aromatic carbocycles. The summed E-state index contributed by atoms with van der Waals surface area (Å²) in [5.74, 6) is 0. The molecule has 2 atom stereocenters. The van der Waals surface area contributed by atoms with Crippen LogP contribution in [0.5, 0.6) is 0 Å². The van der Waals surface area contributed by atoms with Crippen LogP contribution in [-0.4, -0.2) is 12.3 Å². The highest BCUT2D eigenvalue weighted by Gasteiger charge is 2.01. The van der Waals surface area contributed by atoms with Crippen molar-refractivity contribution in [1.82, 2.24) is 5.32 Å². The highest BCUT2D eigenvalue weighted by molar-refractivity contribution is 4.60. The molecule has 0 rings (SSSR count). The fourth-order valence-electron chi connectivity index (χ4n) is 1.04. The molecule has 0 bridgehead atoms. The zero-order valence-electron chi connectivity index (χ0n) is 7.64. The molecule has 3 heteroatoms. The first-order valence-electron chi connectivity index (χ1n) is 4.44. The lowest BCUT2D eigenvalue weighted by molar-refractivity contribution is 0.424. The van der Waals surface area contributed by atoms with Crippen molar-refractivity contribution in [2.75, 3.05) is 0 Å². The second-order valence-electron chi connectivity index (χ2n) is 3.06. The highest BCUT2D eigenvalue weighted by atomic mass is 15.1. The maximum Gasteiger partial charge on any atom is 0.0558 e. The molecule has 3 nitrogen and oxygen atoms in total. The molecule has 0 aliphatic carbocycles. The molecular weight excluding hydrogens is 138 g/mol. The van der Waals surface area contributed by atoms with Crippen LogP contribution in [0, 0.1) is 0 Å². The van der Waals surface area contributed by atoms with E-state index in [0.717, 1.165) is 6.42 Å². The first-order valence-corrected chi connectivity index (χ1v) is 4.44. The largest absolute Gasteiger partial charge is 0.316 e. The van der Waals surface area contributed by atoms with E-state index in [-0.39, 0.29) is 12.3 Å². The summed E-state index contributed by atoms with van der Waals surface area (Å²) in [6.45, 7) is 4.09. The van der Waals surface area contributed by atoms with Gasteiger partial charge in [-0.1, -0.05) is 26.2 Å². The lowest BCUT2D eigenvalue weighted by Crippen LogP contribution is -2.46. The van der Waals surface area contributed by atoms with Crippen molar-refractivity contribution < 1.29 is 0 Å². The Morgan fingerprint density at radius 3 is 2.36 bits per heavy atom. The zero-order valence-corrected chi connectivity index (χ0v) is 7.64. The molecule has 0 heterocycles. The Balaban J connectivity index is 3.15. The van der Waals surface area contributed by atoms with Crippen LogP contribution in [0.1, 0.15) is 39.5 Å². The minimum atomic E-state index is 0.00614. The van der Waals surface area contributed by atoms with Crippen molar-refractivity contribution in [2.45, 2.75) is 51.9 Å². The Hall–Kier alpha value is -0.120. The normalized spacial score (nSPS) is 16.4. The number of unbranched alkanes of at least 4 members (excludes halogenated alkanes) is 2. The molecule has 0 aliphatic heterocycles. The molecule has 0 fully saturated rings. The summed E-state index contributed by atoms with van der Waals surface area (Å²) in [6.07, 6.45) is 4.79. The lowest BCUT2D eigenvalue weighted by Gasteiger charge is -2.15. The number of nitrogens with one attached hydrogen (secondary N) is 1. The third-order valence-electron chi connectivity index (χ3n) is 1.60. The molecule has 11 heavy (non-hydrogen) atoms. The molecule has 0 saturated heterocycles. The van der Waals surface area contributed by atoms with Gasteiger partial charge in [-0.3, -0.25) is 5.32 Å². The zero-order chi connectivity index (χ0) is 8.69. The summed E-state index contributed by atoms with van der Waals surface area (Å²) < 4.78 is 0. The monoisotopic (exact) mass is 159 g/mol. The SMILES string of the molecule is CCCCCC(N)NC(C)N. The van der Waals surface area contributed by atoms with Gasteiger partial charge < -0.3 is 11.5 Å². The molecule has 5 N–H and O–H groups in total. The van der Waals surface area contributed by atoms with E-state index in [9.17, 15) is 0 Å². The average molecular weight is 159 g/mol. The van der Waals surface area contributed by atoms with Gasteiger partial charge in [-0.2, -0.15) is 0 Å². The third-order valence-corrected chi connectivity index (χ3v) is 1.60. The van der Waals surface area contributed by atoms with Gasteiger partial charge in [-0.25, -0.2) is 0 Å². The van der Waals surface area contributed by atoms with Gasteiger partial charge in [0.1, 0.15) is 0 Å². The summed E-state index contributed by atoms with van der Waals surface area (Å²) in [7, 11) is 0. The molecule has 0 aromatic rings. The topological polar surface area (TPSA) is 64.1 Å². The van der Waals surface area contributed by atoms with E-state index >= 15 is 0 Å². The van der Waals surface area contributed by atoms with Crippen molar-refractivity contribution in [3.63, 3.8) is 0 Å². The Morgan fingerprint density at radius 2 is 1.91 bits per heavy atom. The minimum Gasteiger partial charge on any atom is -0.316 e. The van der Waals surface area contributed by atoms with E-state index in [1.165, 1.54) is 19.3 Å². The average Bonchev–Trinajstić information content (AvgIpc) is 1.86. The Bertz CT molecular complexity index is 83.4. The van der Waals surface area contributed by atoms with E-state index in [2.05, 4.69) is 12.2 Å². The summed E-state index contributed by atoms with van der Waals surface area (Å²) in [4.78, 5) is 0. The van der Waals surface area contributed by atoms with Crippen LogP contribution in [0.2, 0.25) is 0 Å². The Labute approximate surface area is 69.5 Å². The van der Waals surface area contributed by atoms with Crippen LogP contribution in [0.15, 0.2) is 0 Å². The Morgan fingerprint density at radius 1 is 1.27 bits per heavy atom. The third kappa shape index (κ3) is 7.78. The van der Waals surface area contributed by atoms with Gasteiger partial charge in [-0.05, 0) is 13.3 Å². The molecule has 68 valence electrons. The fourth-order valence-corrected chi connectivity index (χ4v) is 1.04. The van der Waals surface area contributed by atoms with Crippen molar-refractivity contribution in [2.24, 2.45) is 11.5 Å². The first kappa shape index (κ1) is 10.9. The Kier molecular flexibility index (Phi) is 6.51. The molecule has 0 radical (unpaired) electrons. The molecule has 0 spiro atoms. The second-order valence-corrected chi connectivity index (χ2v) is 3.06. The van der Waals surface area contributed by atoms with E-state index < -0.39 is 0 Å². The summed E-state index contributed by atoms with van der Waals surface area (Å²) in [5.41, 5.74) is 11.2. The van der Waals surface area contributed by atoms with Crippen molar-refractivity contribution >= 4 is 0 Å². The summed E-state index contributed by atoms with van der Waals surface area (Å²) in [5, 5.41) is 3.06. The first-order chi connectivity index (χ1) is 5.16. The fraction of sp³-hybridized carbons (Fsp3) is 1.00. The van der Waals surface area contributed by atoms with Crippen LogP contribution in [-0.2, 0) is 0 Å². The smallest absolute Gasteiger partial charge is 0.0558 e. The van der Waals surface area contributed by atoms with Crippen molar-refractivity contribution in [3.8, 4) is 0 Å². The standard InChI is InChI=1S/C8H21N3/c1-3-4-5-6-8(10)11-7(2)9/h7-8,11H,3-6,9-10H2,1-2H3. The lowest BCUT2D eigenvalue weighted by atomic mass is 10.2. The summed E-state index contributed by atoms with van der Waals surface area (Å²) >= 11 is 0. The van der Waals surface area contributed by atoms with Gasteiger partial charge in [0.25, 0.3) is 0 Å². The number of hydrogen-bond donors (Lipinski definition) is 3. The van der Waals surface area contributed by atoms with Gasteiger partial charge in [0.2, 0.25) is 0 Å². The van der Waals surface area contributed by atoms with Gasteiger partial charge in [0, 0.05) is 0 Å². The van der Waals surface area contributed by atoms with Gasteiger partial charge in [0.15, 0.2) is 0 Å². The van der Waals surface area contributed by atoms with Crippen LogP contribution >= 0.6 is 0 Å². The number of rotatable bonds is 6. The summed E-state index contributed by atoms with van der Waals surface area (Å²) in [6, 6.07) is 0. The van der Waals surface area contributed by atoms with Crippen molar-refractivity contribution in [1.29, 1.82) is 0 Å². The van der Waals surface area contributed by atoms with Gasteiger partial charge in [0.05, 0.1) is 12.3 Å². The van der Waals surface area contributed by atoms with E-state index in [1.54, 1.807) is 0 Å². The molecule has 0 saturated carbocycles. The quantitative estimate of drug-likeness (QED) is 0.396. The molecule has 0 aromatic heterocycles. The van der Waals surface area contributed by atoms with Crippen LogP contribution < -0.4 is 16.8 Å². The van der Waals surface area contributed by atoms with E-state index in [0.29, 0.717) is 0 Å².